The van der Waals surface area contributed by atoms with Crippen LogP contribution in [-0.4, -0.2) is 0 Å². The van der Waals surface area contributed by atoms with Gasteiger partial charge in [-0.3, -0.25) is 0 Å². The maximum Gasteiger partial charge on any atom is -0.00133 e. The molecule has 0 saturated heterocycles. The van der Waals surface area contributed by atoms with Crippen LogP contribution in [0, 0.1) is 13.8 Å². The molecule has 0 amide bonds. The van der Waals surface area contributed by atoms with Gasteiger partial charge >= 0.3 is 0 Å². The molecule has 3 aromatic carbocycles. The highest BCUT2D eigenvalue weighted by Gasteiger charge is 2.18. The van der Waals surface area contributed by atoms with E-state index in [-0.39, 0.29) is 0 Å². The van der Waals surface area contributed by atoms with Gasteiger partial charge in [-0.1, -0.05) is 66.7 Å². The van der Waals surface area contributed by atoms with Crippen LogP contribution in [0.5, 0.6) is 0 Å². The Balaban J connectivity index is 1.86. The van der Waals surface area contributed by atoms with Crippen LogP contribution >= 0.6 is 0 Å². The molecule has 0 saturated carbocycles. The Hall–Kier alpha value is -2.60. The van der Waals surface area contributed by atoms with Crippen LogP contribution in [-0.2, 0) is 6.42 Å². The fraction of sp³-hybridized carbons (Fsp3) is 0.130. The standard InChI is InChI=1S/C23H20/c1-16-8-3-5-11-20(16)19-14-18-10-7-13-22(23(18)15-19)21-12-6-4-9-17(21)2/h3-13,15H,14H2,1-2H3. The molecule has 0 heteroatoms. The van der Waals surface area contributed by atoms with Crippen molar-refractivity contribution in [2.24, 2.45) is 0 Å². The Morgan fingerprint density at radius 3 is 1.91 bits per heavy atom. The first-order chi connectivity index (χ1) is 11.2. The molecule has 0 spiro atoms. The monoisotopic (exact) mass is 296 g/mol. The lowest BCUT2D eigenvalue weighted by molar-refractivity contribution is 1.29. The summed E-state index contributed by atoms with van der Waals surface area (Å²) in [7, 11) is 0. The number of allylic oxidation sites excluding steroid dienone is 1. The second-order valence-corrected chi connectivity index (χ2v) is 6.35. The summed E-state index contributed by atoms with van der Waals surface area (Å²) >= 11 is 0. The van der Waals surface area contributed by atoms with Gasteiger partial charge in [-0.15, -0.1) is 0 Å². The van der Waals surface area contributed by atoms with E-state index in [1.165, 1.54) is 44.5 Å². The summed E-state index contributed by atoms with van der Waals surface area (Å²) in [5.74, 6) is 0. The zero-order valence-electron chi connectivity index (χ0n) is 13.6. The summed E-state index contributed by atoms with van der Waals surface area (Å²) in [6.45, 7) is 4.39. The molecule has 4 rings (SSSR count). The molecule has 0 N–H and O–H groups in total. The molecule has 0 heterocycles. The minimum absolute atomic E-state index is 1.03. The Morgan fingerprint density at radius 1 is 0.609 bits per heavy atom. The van der Waals surface area contributed by atoms with E-state index in [1.807, 2.05) is 0 Å². The van der Waals surface area contributed by atoms with Crippen molar-refractivity contribution in [2.75, 3.05) is 0 Å². The van der Waals surface area contributed by atoms with Crippen LogP contribution in [0.1, 0.15) is 27.8 Å². The lowest BCUT2D eigenvalue weighted by atomic mass is 9.94. The SMILES string of the molecule is Cc1ccccc1C1=Cc2c(cccc2-c2ccccc2C)C1. The molecule has 0 unspecified atom stereocenters. The molecule has 0 radical (unpaired) electrons. The smallest absolute Gasteiger partial charge is 0.00133 e. The largest absolute Gasteiger partial charge is 0.0620 e. The van der Waals surface area contributed by atoms with Crippen LogP contribution in [0.25, 0.3) is 22.8 Å². The predicted octanol–water partition coefficient (Wildman–Crippen LogP) is 6.07. The molecule has 0 fully saturated rings. The number of hydrogen-bond acceptors (Lipinski definition) is 0. The Labute approximate surface area is 138 Å². The number of aryl methyl sites for hydroxylation is 2. The van der Waals surface area contributed by atoms with Crippen molar-refractivity contribution < 1.29 is 0 Å². The van der Waals surface area contributed by atoms with Crippen LogP contribution in [0.15, 0.2) is 66.7 Å². The van der Waals surface area contributed by atoms with E-state index >= 15 is 0 Å². The maximum absolute atomic E-state index is 2.39. The first kappa shape index (κ1) is 14.0. The van der Waals surface area contributed by atoms with Crippen molar-refractivity contribution in [3.63, 3.8) is 0 Å². The summed E-state index contributed by atoms with van der Waals surface area (Å²) in [6.07, 6.45) is 3.42. The third-order valence-electron chi connectivity index (χ3n) is 4.82. The molecule has 0 atom stereocenters. The average molecular weight is 296 g/mol. The van der Waals surface area contributed by atoms with Crippen LogP contribution < -0.4 is 0 Å². The first-order valence-corrected chi connectivity index (χ1v) is 8.18. The zero-order valence-corrected chi connectivity index (χ0v) is 13.6. The Morgan fingerprint density at radius 2 is 1.22 bits per heavy atom. The normalized spacial score (nSPS) is 12.9. The molecule has 0 aromatic heterocycles. The van der Waals surface area contributed by atoms with Gasteiger partial charge in [0.1, 0.15) is 0 Å². The van der Waals surface area contributed by atoms with E-state index in [4.69, 9.17) is 0 Å². The van der Waals surface area contributed by atoms with Gasteiger partial charge in [0, 0.05) is 0 Å². The molecule has 23 heavy (non-hydrogen) atoms. The third kappa shape index (κ3) is 2.41. The number of hydrogen-bond donors (Lipinski definition) is 0. The fourth-order valence-electron chi connectivity index (χ4n) is 3.58. The van der Waals surface area contributed by atoms with Crippen molar-refractivity contribution >= 4 is 11.6 Å². The van der Waals surface area contributed by atoms with Gasteiger partial charge in [0.15, 0.2) is 0 Å². The van der Waals surface area contributed by atoms with Crippen molar-refractivity contribution in [3.05, 3.63) is 94.5 Å². The Kier molecular flexibility index (Phi) is 3.38. The average Bonchev–Trinajstić information content (AvgIpc) is 3.00. The van der Waals surface area contributed by atoms with Gasteiger partial charge in [0.25, 0.3) is 0 Å². The zero-order chi connectivity index (χ0) is 15.8. The lowest BCUT2D eigenvalue weighted by Gasteiger charge is -2.10. The van der Waals surface area contributed by atoms with Crippen molar-refractivity contribution in [1.29, 1.82) is 0 Å². The molecule has 112 valence electrons. The molecule has 1 aliphatic rings. The van der Waals surface area contributed by atoms with Crippen LogP contribution in [0.3, 0.4) is 0 Å². The summed E-state index contributed by atoms with van der Waals surface area (Å²) in [5, 5.41) is 0. The van der Waals surface area contributed by atoms with Crippen molar-refractivity contribution in [2.45, 2.75) is 20.3 Å². The third-order valence-corrected chi connectivity index (χ3v) is 4.82. The fourth-order valence-corrected chi connectivity index (χ4v) is 3.58. The minimum atomic E-state index is 1.03. The van der Waals surface area contributed by atoms with E-state index in [2.05, 4.69) is 86.7 Å². The molecule has 0 nitrogen and oxygen atoms in total. The summed E-state index contributed by atoms with van der Waals surface area (Å²) < 4.78 is 0. The van der Waals surface area contributed by atoms with E-state index in [0.717, 1.165) is 6.42 Å². The van der Waals surface area contributed by atoms with Crippen molar-refractivity contribution in [1.82, 2.24) is 0 Å². The summed E-state index contributed by atoms with van der Waals surface area (Å²) in [4.78, 5) is 0. The van der Waals surface area contributed by atoms with Gasteiger partial charge in [0.05, 0.1) is 0 Å². The number of benzene rings is 3. The Bertz CT molecular complexity index is 913. The molecular weight excluding hydrogens is 276 g/mol. The summed E-state index contributed by atoms with van der Waals surface area (Å²) in [6, 6.07) is 24.0. The highest BCUT2D eigenvalue weighted by molar-refractivity contribution is 5.94. The van der Waals surface area contributed by atoms with E-state index in [0.29, 0.717) is 0 Å². The maximum atomic E-state index is 2.39. The number of rotatable bonds is 2. The highest BCUT2D eigenvalue weighted by Crippen LogP contribution is 2.39. The minimum Gasteiger partial charge on any atom is -0.0620 e. The predicted molar refractivity (Wildman–Crippen MR) is 99.4 cm³/mol. The van der Waals surface area contributed by atoms with Gasteiger partial charge in [0.2, 0.25) is 0 Å². The van der Waals surface area contributed by atoms with Gasteiger partial charge in [-0.05, 0) is 70.9 Å². The number of fused-ring (bicyclic) bond motifs is 1. The van der Waals surface area contributed by atoms with E-state index in [1.54, 1.807) is 0 Å². The molecule has 3 aromatic rings. The highest BCUT2D eigenvalue weighted by atomic mass is 14.2. The second-order valence-electron chi connectivity index (χ2n) is 6.35. The van der Waals surface area contributed by atoms with Gasteiger partial charge in [-0.2, -0.15) is 0 Å². The molecule has 0 bridgehead atoms. The first-order valence-electron chi connectivity index (χ1n) is 8.18. The van der Waals surface area contributed by atoms with Crippen molar-refractivity contribution in [3.8, 4) is 11.1 Å². The quantitative estimate of drug-likeness (QED) is 0.538. The lowest BCUT2D eigenvalue weighted by Crippen LogP contribution is -1.90. The van der Waals surface area contributed by atoms with Crippen LogP contribution in [0.2, 0.25) is 0 Å². The molecular formula is C23H20. The topological polar surface area (TPSA) is 0 Å². The van der Waals surface area contributed by atoms with Crippen LogP contribution in [0.4, 0.5) is 0 Å². The second kappa shape index (κ2) is 5.55. The summed E-state index contributed by atoms with van der Waals surface area (Å²) in [5.41, 5.74) is 11.0. The van der Waals surface area contributed by atoms with E-state index < -0.39 is 0 Å². The molecule has 0 aliphatic heterocycles. The van der Waals surface area contributed by atoms with E-state index in [9.17, 15) is 0 Å². The van der Waals surface area contributed by atoms with Gasteiger partial charge < -0.3 is 0 Å². The van der Waals surface area contributed by atoms with Gasteiger partial charge in [-0.25, -0.2) is 0 Å². The molecule has 1 aliphatic carbocycles.